The number of hydrogen-bond acceptors (Lipinski definition) is 2. The lowest BCUT2D eigenvalue weighted by Gasteiger charge is -2.14. The summed E-state index contributed by atoms with van der Waals surface area (Å²) in [4.78, 5) is 0. The largest absolute Gasteiger partial charge is 0.394 e. The van der Waals surface area contributed by atoms with E-state index in [0.29, 0.717) is 18.1 Å². The zero-order chi connectivity index (χ0) is 9.05. The van der Waals surface area contributed by atoms with Gasteiger partial charge in [-0.3, -0.25) is 0 Å². The molecule has 4 aliphatic carbocycles. The molecule has 0 aromatic heterocycles. The Kier molecular flexibility index (Phi) is 1.58. The second kappa shape index (κ2) is 2.48. The van der Waals surface area contributed by atoms with Crippen LogP contribution in [0.4, 0.5) is 0 Å². The zero-order valence-electron chi connectivity index (χ0n) is 8.20. The molecule has 0 amide bonds. The topological polar surface area (TPSA) is 29.5 Å². The highest BCUT2D eigenvalue weighted by Crippen LogP contribution is 2.80. The van der Waals surface area contributed by atoms with Gasteiger partial charge in [-0.15, -0.1) is 0 Å². The maximum Gasteiger partial charge on any atom is 0.0701 e. The molecule has 74 valence electrons. The van der Waals surface area contributed by atoms with Crippen molar-refractivity contribution in [3.63, 3.8) is 0 Å². The molecule has 2 nitrogen and oxygen atoms in total. The van der Waals surface area contributed by atoms with Crippen LogP contribution in [-0.2, 0) is 4.74 Å². The molecule has 0 heterocycles. The molecular formula is C11H18O2. The monoisotopic (exact) mass is 182 g/mol. The van der Waals surface area contributed by atoms with Crippen LogP contribution in [-0.4, -0.2) is 24.4 Å². The normalized spacial score (nSPS) is 55.8. The van der Waals surface area contributed by atoms with E-state index in [2.05, 4.69) is 6.92 Å². The second-order valence-electron chi connectivity index (χ2n) is 4.98. The molecule has 13 heavy (non-hydrogen) atoms. The summed E-state index contributed by atoms with van der Waals surface area (Å²) in [6.07, 6.45) is 4.68. The first-order chi connectivity index (χ1) is 6.33. The van der Waals surface area contributed by atoms with Crippen molar-refractivity contribution in [3.05, 3.63) is 0 Å². The molecule has 0 aromatic rings. The number of aliphatic hydroxyl groups excluding tert-OH is 1. The first-order valence-electron chi connectivity index (χ1n) is 5.56. The molecule has 5 atom stereocenters. The molecule has 1 N–H and O–H groups in total. The fourth-order valence-corrected chi connectivity index (χ4v) is 4.35. The summed E-state index contributed by atoms with van der Waals surface area (Å²) in [6, 6.07) is 0. The summed E-state index contributed by atoms with van der Waals surface area (Å²) >= 11 is 0. The van der Waals surface area contributed by atoms with Crippen LogP contribution in [0.25, 0.3) is 0 Å². The minimum Gasteiger partial charge on any atom is -0.394 e. The van der Waals surface area contributed by atoms with Gasteiger partial charge < -0.3 is 9.84 Å². The molecular weight excluding hydrogens is 164 g/mol. The van der Waals surface area contributed by atoms with Crippen molar-refractivity contribution < 1.29 is 9.84 Å². The summed E-state index contributed by atoms with van der Waals surface area (Å²) in [5, 5.41) is 8.72. The third-order valence-electron chi connectivity index (χ3n) is 4.80. The Morgan fingerprint density at radius 1 is 1.54 bits per heavy atom. The van der Waals surface area contributed by atoms with Crippen LogP contribution < -0.4 is 0 Å². The van der Waals surface area contributed by atoms with Crippen molar-refractivity contribution in [1.29, 1.82) is 0 Å². The van der Waals surface area contributed by atoms with Gasteiger partial charge >= 0.3 is 0 Å². The molecule has 4 rings (SSSR count). The maximum absolute atomic E-state index is 8.72. The van der Waals surface area contributed by atoms with Crippen LogP contribution in [0, 0.1) is 23.2 Å². The molecule has 0 aromatic carbocycles. The molecule has 4 bridgehead atoms. The third-order valence-corrected chi connectivity index (χ3v) is 4.80. The predicted molar refractivity (Wildman–Crippen MR) is 49.3 cm³/mol. The van der Waals surface area contributed by atoms with Gasteiger partial charge in [0, 0.05) is 0 Å². The van der Waals surface area contributed by atoms with Gasteiger partial charge in [-0.05, 0) is 42.4 Å². The van der Waals surface area contributed by atoms with Crippen LogP contribution in [0.2, 0.25) is 0 Å². The van der Waals surface area contributed by atoms with Gasteiger partial charge in [-0.2, -0.15) is 0 Å². The van der Waals surface area contributed by atoms with E-state index in [1.807, 2.05) is 0 Å². The van der Waals surface area contributed by atoms with Gasteiger partial charge in [0.05, 0.1) is 19.3 Å². The van der Waals surface area contributed by atoms with Crippen molar-refractivity contribution in [1.82, 2.24) is 0 Å². The van der Waals surface area contributed by atoms with Crippen molar-refractivity contribution in [2.45, 2.75) is 32.3 Å². The summed E-state index contributed by atoms with van der Waals surface area (Å²) in [6.45, 7) is 3.05. The maximum atomic E-state index is 8.72. The van der Waals surface area contributed by atoms with Gasteiger partial charge in [0.1, 0.15) is 0 Å². The molecule has 0 radical (unpaired) electrons. The van der Waals surface area contributed by atoms with Gasteiger partial charge in [-0.25, -0.2) is 0 Å². The fourth-order valence-electron chi connectivity index (χ4n) is 4.35. The third kappa shape index (κ3) is 0.816. The lowest BCUT2D eigenvalue weighted by Crippen LogP contribution is -2.19. The fraction of sp³-hybridized carbons (Fsp3) is 1.00. The van der Waals surface area contributed by atoms with E-state index in [9.17, 15) is 0 Å². The summed E-state index contributed by atoms with van der Waals surface area (Å²) < 4.78 is 5.74. The van der Waals surface area contributed by atoms with E-state index in [0.717, 1.165) is 17.8 Å². The Bertz CT molecular complexity index is 228. The van der Waals surface area contributed by atoms with Crippen LogP contribution in [0.1, 0.15) is 26.2 Å². The zero-order valence-corrected chi connectivity index (χ0v) is 8.20. The minimum absolute atomic E-state index is 0.180. The minimum atomic E-state index is 0.180. The van der Waals surface area contributed by atoms with Gasteiger partial charge in [-0.1, -0.05) is 6.92 Å². The van der Waals surface area contributed by atoms with Crippen LogP contribution >= 0.6 is 0 Å². The lowest BCUT2D eigenvalue weighted by atomic mass is 10.0. The Labute approximate surface area is 79.3 Å². The predicted octanol–water partition coefficient (Wildman–Crippen LogP) is 1.43. The Morgan fingerprint density at radius 3 is 2.92 bits per heavy atom. The standard InChI is InChI=1S/C11H18O2/c1-2-11-6-7-5-8(11)9(11)10(7)13-4-3-12/h7-10,12H,2-6H2,1H3. The molecule has 4 fully saturated rings. The number of hydrogen-bond donors (Lipinski definition) is 1. The van der Waals surface area contributed by atoms with E-state index < -0.39 is 0 Å². The van der Waals surface area contributed by atoms with Crippen molar-refractivity contribution >= 4 is 0 Å². The van der Waals surface area contributed by atoms with Gasteiger partial charge in [0.15, 0.2) is 0 Å². The van der Waals surface area contributed by atoms with E-state index in [1.165, 1.54) is 19.3 Å². The van der Waals surface area contributed by atoms with Crippen LogP contribution in [0.15, 0.2) is 0 Å². The molecule has 4 saturated carbocycles. The molecule has 0 saturated heterocycles. The van der Waals surface area contributed by atoms with E-state index in [-0.39, 0.29) is 6.61 Å². The van der Waals surface area contributed by atoms with Crippen LogP contribution in [0.3, 0.4) is 0 Å². The first kappa shape index (κ1) is 8.25. The molecule has 2 heteroatoms. The van der Waals surface area contributed by atoms with Crippen molar-refractivity contribution in [2.24, 2.45) is 23.2 Å². The van der Waals surface area contributed by atoms with E-state index >= 15 is 0 Å². The number of aliphatic hydroxyl groups is 1. The van der Waals surface area contributed by atoms with Gasteiger partial charge in [0.2, 0.25) is 0 Å². The van der Waals surface area contributed by atoms with E-state index in [4.69, 9.17) is 9.84 Å². The van der Waals surface area contributed by atoms with Crippen molar-refractivity contribution in [2.75, 3.05) is 13.2 Å². The molecule has 0 spiro atoms. The molecule has 5 unspecified atom stereocenters. The summed E-state index contributed by atoms with van der Waals surface area (Å²) in [5.74, 6) is 2.70. The summed E-state index contributed by atoms with van der Waals surface area (Å²) in [7, 11) is 0. The average Bonchev–Trinajstić information content (AvgIpc) is 2.59. The first-order valence-corrected chi connectivity index (χ1v) is 5.56. The Morgan fingerprint density at radius 2 is 2.38 bits per heavy atom. The molecule has 0 aliphatic heterocycles. The highest BCUT2D eigenvalue weighted by molar-refractivity contribution is 5.26. The smallest absolute Gasteiger partial charge is 0.0701 e. The Balaban J connectivity index is 1.70. The molecule has 4 aliphatic rings. The number of rotatable bonds is 4. The average molecular weight is 182 g/mol. The highest BCUT2D eigenvalue weighted by Gasteiger charge is 2.77. The van der Waals surface area contributed by atoms with Gasteiger partial charge in [0.25, 0.3) is 0 Å². The number of ether oxygens (including phenoxy) is 1. The summed E-state index contributed by atoms with van der Waals surface area (Å²) in [5.41, 5.74) is 0.699. The quantitative estimate of drug-likeness (QED) is 0.712. The van der Waals surface area contributed by atoms with E-state index in [1.54, 1.807) is 0 Å². The van der Waals surface area contributed by atoms with Crippen molar-refractivity contribution in [3.8, 4) is 0 Å². The van der Waals surface area contributed by atoms with Crippen LogP contribution in [0.5, 0.6) is 0 Å². The Hall–Kier alpha value is -0.0800. The SMILES string of the molecule is CCC12CC3CC1C2C3OCCO. The lowest BCUT2D eigenvalue weighted by molar-refractivity contribution is 0.00694. The highest BCUT2D eigenvalue weighted by atomic mass is 16.5. The second-order valence-corrected chi connectivity index (χ2v) is 4.98.